The molecule has 19 heavy (non-hydrogen) atoms. The van der Waals surface area contributed by atoms with Crippen molar-refractivity contribution in [1.82, 2.24) is 0 Å². The zero-order valence-electron chi connectivity index (χ0n) is 12.1. The van der Waals surface area contributed by atoms with Gasteiger partial charge in [0.15, 0.2) is 0 Å². The van der Waals surface area contributed by atoms with Crippen LogP contribution in [0.5, 0.6) is 0 Å². The summed E-state index contributed by atoms with van der Waals surface area (Å²) in [6, 6.07) is 9.91. The van der Waals surface area contributed by atoms with Crippen molar-refractivity contribution in [2.45, 2.75) is 45.4 Å². The molecule has 1 saturated carbocycles. The molecule has 1 fully saturated rings. The van der Waals surface area contributed by atoms with Crippen LogP contribution in [0.1, 0.15) is 45.4 Å². The first kappa shape index (κ1) is 14.1. The molecule has 0 N–H and O–H groups in total. The van der Waals surface area contributed by atoms with Gasteiger partial charge < -0.3 is 4.90 Å². The lowest BCUT2D eigenvalue weighted by Gasteiger charge is -2.28. The molecule has 0 bridgehead atoms. The number of rotatable bonds is 4. The maximum Gasteiger partial charge on any atom is 0.226 e. The minimum absolute atomic E-state index is 0.240. The molecule has 2 nitrogen and oxygen atoms in total. The van der Waals surface area contributed by atoms with E-state index < -0.39 is 0 Å². The summed E-state index contributed by atoms with van der Waals surface area (Å²) in [6.45, 7) is 2.24. The number of carbonyl (C=O) groups is 1. The number of nitrogens with zero attached hydrogens (tertiary/aromatic N) is 1. The number of amides is 1. The Morgan fingerprint density at radius 2 is 1.84 bits per heavy atom. The molecule has 0 unspecified atom stereocenters. The minimum Gasteiger partial charge on any atom is -0.315 e. The van der Waals surface area contributed by atoms with Crippen molar-refractivity contribution in [3.63, 3.8) is 0 Å². The Morgan fingerprint density at radius 1 is 1.21 bits per heavy atom. The van der Waals surface area contributed by atoms with E-state index >= 15 is 0 Å². The predicted molar refractivity (Wildman–Crippen MR) is 80.2 cm³/mol. The minimum atomic E-state index is 0.240. The summed E-state index contributed by atoms with van der Waals surface area (Å²) < 4.78 is 0. The van der Waals surface area contributed by atoms with Gasteiger partial charge in [0.05, 0.1) is 0 Å². The molecular weight excluding hydrogens is 234 g/mol. The fraction of sp³-hybridized carbons (Fsp3) is 0.588. The second-order valence-electron chi connectivity index (χ2n) is 5.87. The van der Waals surface area contributed by atoms with Gasteiger partial charge in [-0.15, -0.1) is 0 Å². The van der Waals surface area contributed by atoms with E-state index in [0.717, 1.165) is 11.6 Å². The highest BCUT2D eigenvalue weighted by Crippen LogP contribution is 2.32. The molecule has 1 aliphatic carbocycles. The molecule has 0 radical (unpaired) electrons. The summed E-state index contributed by atoms with van der Waals surface area (Å²) in [4.78, 5) is 14.1. The van der Waals surface area contributed by atoms with Gasteiger partial charge in [0.2, 0.25) is 5.91 Å². The van der Waals surface area contributed by atoms with Crippen LogP contribution in [0.4, 0.5) is 5.69 Å². The van der Waals surface area contributed by atoms with Crippen molar-refractivity contribution in [1.29, 1.82) is 0 Å². The molecule has 0 saturated heterocycles. The van der Waals surface area contributed by atoms with Gasteiger partial charge in [0.1, 0.15) is 0 Å². The molecule has 1 amide bonds. The van der Waals surface area contributed by atoms with Gasteiger partial charge in [0.25, 0.3) is 0 Å². The van der Waals surface area contributed by atoms with Crippen LogP contribution < -0.4 is 4.90 Å². The summed E-state index contributed by atoms with van der Waals surface area (Å²) in [5, 5.41) is 0. The average Bonchev–Trinajstić information content (AvgIpc) is 2.48. The summed E-state index contributed by atoms with van der Waals surface area (Å²) in [5.74, 6) is 1.50. The Kier molecular flexibility index (Phi) is 5.00. The number of hydrogen-bond donors (Lipinski definition) is 0. The number of carbonyl (C=O) groups excluding carboxylic acids is 1. The van der Waals surface area contributed by atoms with Crippen LogP contribution in [-0.4, -0.2) is 13.0 Å². The van der Waals surface area contributed by atoms with E-state index in [0.29, 0.717) is 12.3 Å². The van der Waals surface area contributed by atoms with Gasteiger partial charge in [-0.1, -0.05) is 57.2 Å². The largest absolute Gasteiger partial charge is 0.315 e. The molecular formula is C17H25NO. The monoisotopic (exact) mass is 259 g/mol. The Hall–Kier alpha value is -1.31. The van der Waals surface area contributed by atoms with Crippen LogP contribution in [0.2, 0.25) is 0 Å². The highest BCUT2D eigenvalue weighted by atomic mass is 16.2. The molecule has 1 atom stereocenters. The molecule has 1 aromatic rings. The van der Waals surface area contributed by atoms with Gasteiger partial charge in [-0.25, -0.2) is 0 Å². The molecule has 104 valence electrons. The third kappa shape index (κ3) is 3.82. The lowest BCUT2D eigenvalue weighted by Crippen LogP contribution is -2.29. The van der Waals surface area contributed by atoms with E-state index in [1.165, 1.54) is 32.1 Å². The van der Waals surface area contributed by atoms with Crippen molar-refractivity contribution in [2.24, 2.45) is 11.8 Å². The Labute approximate surface area is 116 Å². The molecule has 2 rings (SSSR count). The van der Waals surface area contributed by atoms with Crippen LogP contribution >= 0.6 is 0 Å². The van der Waals surface area contributed by atoms with Gasteiger partial charge >= 0.3 is 0 Å². The lowest BCUT2D eigenvalue weighted by molar-refractivity contribution is -0.119. The normalized spacial score (nSPS) is 18.0. The van der Waals surface area contributed by atoms with E-state index in [-0.39, 0.29) is 5.91 Å². The molecule has 0 aromatic heterocycles. The Balaban J connectivity index is 1.89. The number of hydrogen-bond acceptors (Lipinski definition) is 1. The summed E-state index contributed by atoms with van der Waals surface area (Å²) in [7, 11) is 1.88. The van der Waals surface area contributed by atoms with E-state index in [2.05, 4.69) is 6.92 Å². The third-order valence-electron chi connectivity index (χ3n) is 4.47. The van der Waals surface area contributed by atoms with Crippen molar-refractivity contribution in [3.05, 3.63) is 30.3 Å². The molecule has 0 spiro atoms. The average molecular weight is 259 g/mol. The maximum absolute atomic E-state index is 12.3. The zero-order valence-corrected chi connectivity index (χ0v) is 12.1. The van der Waals surface area contributed by atoms with Gasteiger partial charge in [-0.3, -0.25) is 4.79 Å². The number of anilines is 1. The van der Waals surface area contributed by atoms with Crippen molar-refractivity contribution in [2.75, 3.05) is 11.9 Å². The lowest BCUT2D eigenvalue weighted by atomic mass is 9.79. The topological polar surface area (TPSA) is 20.3 Å². The van der Waals surface area contributed by atoms with Crippen LogP contribution in [0.3, 0.4) is 0 Å². The second-order valence-corrected chi connectivity index (χ2v) is 5.87. The SMILES string of the molecule is C[C@H](CC(=O)N(C)c1ccccc1)C1CCCCC1. The first-order chi connectivity index (χ1) is 9.18. The molecule has 1 aromatic carbocycles. The van der Waals surface area contributed by atoms with Gasteiger partial charge in [0, 0.05) is 19.2 Å². The van der Waals surface area contributed by atoms with E-state index in [9.17, 15) is 4.79 Å². The fourth-order valence-electron chi connectivity index (χ4n) is 3.08. The smallest absolute Gasteiger partial charge is 0.226 e. The van der Waals surface area contributed by atoms with Crippen LogP contribution in [0.15, 0.2) is 30.3 Å². The standard InChI is InChI=1S/C17H25NO/c1-14(15-9-5-3-6-10-15)13-17(19)18(2)16-11-7-4-8-12-16/h4,7-8,11-12,14-15H,3,5-6,9-10,13H2,1-2H3/t14-/m1/s1. The summed E-state index contributed by atoms with van der Waals surface area (Å²) >= 11 is 0. The van der Waals surface area contributed by atoms with E-state index in [1.54, 1.807) is 4.90 Å². The van der Waals surface area contributed by atoms with Crippen LogP contribution in [0.25, 0.3) is 0 Å². The molecule has 1 aliphatic rings. The van der Waals surface area contributed by atoms with Gasteiger partial charge in [-0.05, 0) is 24.0 Å². The van der Waals surface area contributed by atoms with Gasteiger partial charge in [-0.2, -0.15) is 0 Å². The predicted octanol–water partition coefficient (Wildman–Crippen LogP) is 4.26. The first-order valence-corrected chi connectivity index (χ1v) is 7.50. The van der Waals surface area contributed by atoms with Crippen LogP contribution in [-0.2, 0) is 4.79 Å². The number of benzene rings is 1. The second kappa shape index (κ2) is 6.74. The summed E-state index contributed by atoms with van der Waals surface area (Å²) in [6.07, 6.45) is 7.36. The van der Waals surface area contributed by atoms with Crippen molar-refractivity contribution >= 4 is 11.6 Å². The highest BCUT2D eigenvalue weighted by Gasteiger charge is 2.23. The van der Waals surface area contributed by atoms with E-state index in [1.807, 2.05) is 37.4 Å². The maximum atomic E-state index is 12.3. The molecule has 0 aliphatic heterocycles. The molecule has 2 heteroatoms. The first-order valence-electron chi connectivity index (χ1n) is 7.50. The fourth-order valence-corrected chi connectivity index (χ4v) is 3.08. The van der Waals surface area contributed by atoms with Crippen molar-refractivity contribution in [3.8, 4) is 0 Å². The highest BCUT2D eigenvalue weighted by molar-refractivity contribution is 5.92. The zero-order chi connectivity index (χ0) is 13.7. The van der Waals surface area contributed by atoms with Crippen molar-refractivity contribution < 1.29 is 4.79 Å². The quantitative estimate of drug-likeness (QED) is 0.791. The molecule has 0 heterocycles. The Bertz CT molecular complexity index is 395. The van der Waals surface area contributed by atoms with Crippen LogP contribution in [0, 0.1) is 11.8 Å². The number of para-hydroxylation sites is 1. The van der Waals surface area contributed by atoms with E-state index in [4.69, 9.17) is 0 Å². The summed E-state index contributed by atoms with van der Waals surface area (Å²) in [5.41, 5.74) is 0.989. The third-order valence-corrected chi connectivity index (χ3v) is 4.47. The Morgan fingerprint density at radius 3 is 2.47 bits per heavy atom.